The van der Waals surface area contributed by atoms with Gasteiger partial charge in [-0.1, -0.05) is 26.0 Å². The monoisotopic (exact) mass is 251 g/mol. The Kier molecular flexibility index (Phi) is 6.16. The molecule has 18 heavy (non-hydrogen) atoms. The average molecular weight is 251 g/mol. The molecule has 0 radical (unpaired) electrons. The van der Waals surface area contributed by atoms with E-state index < -0.39 is 0 Å². The largest absolute Gasteiger partial charge is 0.508 e. The van der Waals surface area contributed by atoms with E-state index >= 15 is 0 Å². The van der Waals surface area contributed by atoms with Crippen LogP contribution in [0.15, 0.2) is 24.3 Å². The van der Waals surface area contributed by atoms with Crippen molar-refractivity contribution >= 4 is 0 Å². The summed E-state index contributed by atoms with van der Waals surface area (Å²) in [6, 6.07) is 7.54. The third-order valence-corrected chi connectivity index (χ3v) is 3.43. The minimum Gasteiger partial charge on any atom is -0.508 e. The van der Waals surface area contributed by atoms with Crippen LogP contribution >= 0.6 is 0 Å². The van der Waals surface area contributed by atoms with Crippen molar-refractivity contribution < 1.29 is 9.84 Å². The Morgan fingerprint density at radius 1 is 1.39 bits per heavy atom. The summed E-state index contributed by atoms with van der Waals surface area (Å²) in [6.07, 6.45) is 2.07. The Labute approximate surface area is 110 Å². The predicted molar refractivity (Wildman–Crippen MR) is 75.0 cm³/mol. The van der Waals surface area contributed by atoms with Gasteiger partial charge < -0.3 is 15.2 Å². The molecule has 0 aliphatic carbocycles. The summed E-state index contributed by atoms with van der Waals surface area (Å²) in [5.41, 5.74) is 1.40. The fourth-order valence-electron chi connectivity index (χ4n) is 2.04. The van der Waals surface area contributed by atoms with Crippen molar-refractivity contribution in [3.05, 3.63) is 29.8 Å². The van der Waals surface area contributed by atoms with E-state index in [2.05, 4.69) is 25.2 Å². The van der Waals surface area contributed by atoms with Crippen LogP contribution in [0, 0.1) is 5.41 Å². The second kappa shape index (κ2) is 7.39. The smallest absolute Gasteiger partial charge is 0.115 e. The van der Waals surface area contributed by atoms with E-state index in [4.69, 9.17) is 4.74 Å². The molecule has 0 bridgehead atoms. The highest BCUT2D eigenvalue weighted by Gasteiger charge is 2.22. The van der Waals surface area contributed by atoms with Crippen molar-refractivity contribution in [1.29, 1.82) is 0 Å². The molecule has 0 aromatic heterocycles. The van der Waals surface area contributed by atoms with E-state index in [9.17, 15) is 5.11 Å². The predicted octanol–water partition coefficient (Wildman–Crippen LogP) is 2.59. The Morgan fingerprint density at radius 3 is 2.78 bits per heavy atom. The molecule has 1 atom stereocenters. The standard InChI is InChI=1S/C15H25NO2/c1-4-15(2,12-16-8-9-18-3)11-13-6-5-7-14(17)10-13/h5-7,10,16-17H,4,8-9,11-12H2,1-3H3. The highest BCUT2D eigenvalue weighted by molar-refractivity contribution is 5.27. The molecule has 3 heteroatoms. The lowest BCUT2D eigenvalue weighted by molar-refractivity contribution is 0.191. The van der Waals surface area contributed by atoms with Crippen molar-refractivity contribution in [2.24, 2.45) is 5.41 Å². The first-order chi connectivity index (χ1) is 8.59. The van der Waals surface area contributed by atoms with Crippen molar-refractivity contribution in [3.8, 4) is 5.75 Å². The molecular formula is C15H25NO2. The molecule has 0 fully saturated rings. The van der Waals surface area contributed by atoms with E-state index in [1.165, 1.54) is 5.56 Å². The van der Waals surface area contributed by atoms with E-state index in [0.717, 1.165) is 32.5 Å². The summed E-state index contributed by atoms with van der Waals surface area (Å²) < 4.78 is 5.03. The van der Waals surface area contributed by atoms with Crippen molar-refractivity contribution in [2.75, 3.05) is 26.8 Å². The Morgan fingerprint density at radius 2 is 2.17 bits per heavy atom. The van der Waals surface area contributed by atoms with Crippen LogP contribution in [0.1, 0.15) is 25.8 Å². The minimum atomic E-state index is 0.210. The van der Waals surface area contributed by atoms with Gasteiger partial charge in [0.05, 0.1) is 6.61 Å². The highest BCUT2D eigenvalue weighted by atomic mass is 16.5. The number of rotatable bonds is 8. The molecule has 0 spiro atoms. The summed E-state index contributed by atoms with van der Waals surface area (Å²) >= 11 is 0. The normalized spacial score (nSPS) is 14.4. The van der Waals surface area contributed by atoms with Crippen LogP contribution in [-0.4, -0.2) is 31.9 Å². The van der Waals surface area contributed by atoms with Crippen LogP contribution in [0.5, 0.6) is 5.75 Å². The van der Waals surface area contributed by atoms with E-state index in [1.54, 1.807) is 13.2 Å². The highest BCUT2D eigenvalue weighted by Crippen LogP contribution is 2.27. The van der Waals surface area contributed by atoms with Gasteiger partial charge in [0.25, 0.3) is 0 Å². The van der Waals surface area contributed by atoms with Gasteiger partial charge in [0.1, 0.15) is 5.75 Å². The molecule has 0 heterocycles. The Hall–Kier alpha value is -1.06. The molecule has 0 aliphatic rings. The number of phenols is 1. The number of nitrogens with one attached hydrogen (secondary N) is 1. The Bertz CT molecular complexity index is 354. The van der Waals surface area contributed by atoms with Gasteiger partial charge in [-0.05, 0) is 36.0 Å². The molecule has 0 saturated carbocycles. The van der Waals surface area contributed by atoms with Crippen LogP contribution < -0.4 is 5.32 Å². The molecule has 102 valence electrons. The van der Waals surface area contributed by atoms with E-state index in [-0.39, 0.29) is 5.41 Å². The molecule has 1 unspecified atom stereocenters. The zero-order valence-corrected chi connectivity index (χ0v) is 11.7. The molecule has 0 aliphatic heterocycles. The number of hydrogen-bond acceptors (Lipinski definition) is 3. The topological polar surface area (TPSA) is 41.5 Å². The van der Waals surface area contributed by atoms with Crippen molar-refractivity contribution in [3.63, 3.8) is 0 Å². The molecule has 0 saturated heterocycles. The lowest BCUT2D eigenvalue weighted by Gasteiger charge is -2.29. The average Bonchev–Trinajstić information content (AvgIpc) is 2.35. The maximum Gasteiger partial charge on any atom is 0.115 e. The second-order valence-electron chi connectivity index (χ2n) is 5.18. The van der Waals surface area contributed by atoms with E-state index in [1.807, 2.05) is 12.1 Å². The zero-order valence-electron chi connectivity index (χ0n) is 11.7. The number of aromatic hydroxyl groups is 1. The summed E-state index contributed by atoms with van der Waals surface area (Å²) in [6.45, 7) is 7.07. The van der Waals surface area contributed by atoms with Gasteiger partial charge >= 0.3 is 0 Å². The molecule has 1 aromatic carbocycles. The summed E-state index contributed by atoms with van der Waals surface area (Å²) in [4.78, 5) is 0. The van der Waals surface area contributed by atoms with Gasteiger partial charge in [0, 0.05) is 20.2 Å². The van der Waals surface area contributed by atoms with Gasteiger partial charge in [0.2, 0.25) is 0 Å². The van der Waals surface area contributed by atoms with Gasteiger partial charge in [0.15, 0.2) is 0 Å². The maximum atomic E-state index is 9.50. The first-order valence-corrected chi connectivity index (χ1v) is 6.57. The summed E-state index contributed by atoms with van der Waals surface area (Å²) in [5, 5.41) is 12.9. The summed E-state index contributed by atoms with van der Waals surface area (Å²) in [5.74, 6) is 0.346. The van der Waals surface area contributed by atoms with Gasteiger partial charge in [-0.3, -0.25) is 0 Å². The SMILES string of the molecule is CCC(C)(CNCCOC)Cc1cccc(O)c1. The van der Waals surface area contributed by atoms with Gasteiger partial charge in [-0.15, -0.1) is 0 Å². The van der Waals surface area contributed by atoms with Crippen LogP contribution in [0.4, 0.5) is 0 Å². The lowest BCUT2D eigenvalue weighted by Crippen LogP contribution is -2.34. The number of hydrogen-bond donors (Lipinski definition) is 2. The first kappa shape index (κ1) is 15.0. The fraction of sp³-hybridized carbons (Fsp3) is 0.600. The molecule has 0 amide bonds. The van der Waals surface area contributed by atoms with E-state index in [0.29, 0.717) is 5.75 Å². The molecule has 1 rings (SSSR count). The van der Waals surface area contributed by atoms with Crippen LogP contribution in [0.3, 0.4) is 0 Å². The van der Waals surface area contributed by atoms with Crippen LogP contribution in [0.2, 0.25) is 0 Å². The first-order valence-electron chi connectivity index (χ1n) is 6.57. The second-order valence-corrected chi connectivity index (χ2v) is 5.18. The number of methoxy groups -OCH3 is 1. The van der Waals surface area contributed by atoms with Crippen molar-refractivity contribution in [1.82, 2.24) is 5.32 Å². The fourth-order valence-corrected chi connectivity index (χ4v) is 2.04. The number of benzene rings is 1. The van der Waals surface area contributed by atoms with Crippen molar-refractivity contribution in [2.45, 2.75) is 26.7 Å². The van der Waals surface area contributed by atoms with Crippen LogP contribution in [0.25, 0.3) is 0 Å². The molecular weight excluding hydrogens is 226 g/mol. The quantitative estimate of drug-likeness (QED) is 0.698. The summed E-state index contributed by atoms with van der Waals surface area (Å²) in [7, 11) is 1.72. The third-order valence-electron chi connectivity index (χ3n) is 3.43. The number of phenolic OH excluding ortho intramolecular Hbond substituents is 1. The third kappa shape index (κ3) is 5.07. The maximum absolute atomic E-state index is 9.50. The lowest BCUT2D eigenvalue weighted by atomic mass is 9.81. The minimum absolute atomic E-state index is 0.210. The Balaban J connectivity index is 2.53. The van der Waals surface area contributed by atoms with Gasteiger partial charge in [-0.25, -0.2) is 0 Å². The van der Waals surface area contributed by atoms with Gasteiger partial charge in [-0.2, -0.15) is 0 Å². The molecule has 3 nitrogen and oxygen atoms in total. The molecule has 1 aromatic rings. The molecule has 2 N–H and O–H groups in total. The van der Waals surface area contributed by atoms with Crippen LogP contribution in [-0.2, 0) is 11.2 Å². The number of ether oxygens (including phenoxy) is 1. The zero-order chi connectivity index (χ0) is 13.4.